The van der Waals surface area contributed by atoms with Crippen LogP contribution in [0.5, 0.6) is 0 Å². The zero-order valence-corrected chi connectivity index (χ0v) is 12.8. The second-order valence-corrected chi connectivity index (χ2v) is 8.00. The molecular weight excluding hydrogens is 326 g/mol. The number of nitrogens with zero attached hydrogens (tertiary/aromatic N) is 1. The minimum Gasteiger partial charge on any atom is -0.370 e. The molecule has 4 N–H and O–H groups in total. The molecule has 0 aromatic heterocycles. The summed E-state index contributed by atoms with van der Waals surface area (Å²) in [6.07, 6.45) is 1.83. The first-order chi connectivity index (χ1) is 9.10. The summed E-state index contributed by atoms with van der Waals surface area (Å²) in [6, 6.07) is 2.20. The van der Waals surface area contributed by atoms with Gasteiger partial charge in [0.2, 0.25) is 20.0 Å². The van der Waals surface area contributed by atoms with Gasteiger partial charge < -0.3 is 4.90 Å². The fourth-order valence-electron chi connectivity index (χ4n) is 2.18. The molecule has 1 fully saturated rings. The second kappa shape index (κ2) is 5.15. The molecule has 0 radical (unpaired) electrons. The minimum absolute atomic E-state index is 0.123. The summed E-state index contributed by atoms with van der Waals surface area (Å²) in [6.45, 7) is 1.32. The van der Waals surface area contributed by atoms with E-state index in [-0.39, 0.29) is 9.92 Å². The van der Waals surface area contributed by atoms with Gasteiger partial charge in [0.15, 0.2) is 0 Å². The van der Waals surface area contributed by atoms with Gasteiger partial charge in [-0.15, -0.1) is 0 Å². The lowest BCUT2D eigenvalue weighted by Crippen LogP contribution is -2.24. The van der Waals surface area contributed by atoms with E-state index in [2.05, 4.69) is 0 Å². The molecule has 1 aromatic carbocycles. The molecule has 0 unspecified atom stereocenters. The summed E-state index contributed by atoms with van der Waals surface area (Å²) in [5.74, 6) is 0. The molecule has 2 rings (SSSR count). The first-order valence-corrected chi connectivity index (χ1v) is 9.22. The quantitative estimate of drug-likeness (QED) is 0.816. The summed E-state index contributed by atoms with van der Waals surface area (Å²) in [5.41, 5.74) is 0.308. The largest absolute Gasteiger partial charge is 0.370 e. The summed E-state index contributed by atoms with van der Waals surface area (Å²) < 4.78 is 46.2. The van der Waals surface area contributed by atoms with Gasteiger partial charge in [-0.25, -0.2) is 27.1 Å². The van der Waals surface area contributed by atoms with Gasteiger partial charge in [-0.2, -0.15) is 0 Å². The van der Waals surface area contributed by atoms with Crippen molar-refractivity contribution < 1.29 is 16.8 Å². The van der Waals surface area contributed by atoms with Crippen LogP contribution in [-0.2, 0) is 20.0 Å². The van der Waals surface area contributed by atoms with Gasteiger partial charge in [-0.05, 0) is 25.0 Å². The van der Waals surface area contributed by atoms with Gasteiger partial charge in [0.25, 0.3) is 0 Å². The molecule has 0 spiro atoms. The number of hydrogen-bond donors (Lipinski definition) is 2. The molecule has 0 amide bonds. The molecule has 0 aliphatic carbocycles. The highest BCUT2D eigenvalue weighted by molar-refractivity contribution is 7.90. The van der Waals surface area contributed by atoms with Crippen molar-refractivity contribution in [2.45, 2.75) is 22.6 Å². The van der Waals surface area contributed by atoms with Gasteiger partial charge in [0.1, 0.15) is 9.79 Å². The van der Waals surface area contributed by atoms with Crippen LogP contribution in [0.1, 0.15) is 12.8 Å². The van der Waals surface area contributed by atoms with E-state index in [1.54, 1.807) is 4.90 Å². The predicted octanol–water partition coefficient (Wildman–Crippen LogP) is 0.235. The van der Waals surface area contributed by atoms with Gasteiger partial charge in [0.05, 0.1) is 10.7 Å². The Labute approximate surface area is 122 Å². The smallest absolute Gasteiger partial charge is 0.240 e. The summed E-state index contributed by atoms with van der Waals surface area (Å²) in [5, 5.41) is 10.0. The zero-order chi connectivity index (χ0) is 15.1. The number of primary sulfonamides is 2. The van der Waals surface area contributed by atoms with E-state index in [1.807, 2.05) is 0 Å². The third kappa shape index (κ3) is 3.07. The maximum atomic E-state index is 11.7. The van der Waals surface area contributed by atoms with Crippen LogP contribution in [0.25, 0.3) is 0 Å². The summed E-state index contributed by atoms with van der Waals surface area (Å²) in [7, 11) is -8.22. The molecule has 1 saturated heterocycles. The van der Waals surface area contributed by atoms with Crippen molar-refractivity contribution in [1.29, 1.82) is 0 Å². The van der Waals surface area contributed by atoms with Crippen LogP contribution < -0.4 is 15.2 Å². The second-order valence-electron chi connectivity index (χ2n) is 4.53. The Balaban J connectivity index is 2.72. The highest BCUT2D eigenvalue weighted by Gasteiger charge is 2.26. The third-order valence-electron chi connectivity index (χ3n) is 3.07. The van der Waals surface area contributed by atoms with Crippen molar-refractivity contribution >= 4 is 37.3 Å². The lowest BCUT2D eigenvalue weighted by Gasteiger charge is -2.21. The summed E-state index contributed by atoms with van der Waals surface area (Å²) in [4.78, 5) is 1.07. The number of nitrogens with two attached hydrogens (primary N) is 2. The summed E-state index contributed by atoms with van der Waals surface area (Å²) >= 11 is 5.89. The number of anilines is 1. The number of rotatable bonds is 3. The van der Waals surface area contributed by atoms with Crippen LogP contribution in [0.4, 0.5) is 5.69 Å². The first kappa shape index (κ1) is 15.5. The van der Waals surface area contributed by atoms with E-state index in [1.165, 1.54) is 6.07 Å². The molecule has 7 nitrogen and oxygen atoms in total. The van der Waals surface area contributed by atoms with E-state index in [4.69, 9.17) is 21.9 Å². The Morgan fingerprint density at radius 2 is 1.45 bits per heavy atom. The topological polar surface area (TPSA) is 124 Å². The zero-order valence-electron chi connectivity index (χ0n) is 10.4. The van der Waals surface area contributed by atoms with Crippen LogP contribution in [0.2, 0.25) is 5.02 Å². The normalized spacial score (nSPS) is 16.6. The maximum Gasteiger partial charge on any atom is 0.240 e. The average molecular weight is 340 g/mol. The lowest BCUT2D eigenvalue weighted by molar-refractivity contribution is 0.596. The molecule has 1 aromatic rings. The Morgan fingerprint density at radius 1 is 0.950 bits per heavy atom. The van der Waals surface area contributed by atoms with Crippen molar-refractivity contribution in [3.8, 4) is 0 Å². The highest BCUT2D eigenvalue weighted by Crippen LogP contribution is 2.34. The van der Waals surface area contributed by atoms with Gasteiger partial charge in [-0.1, -0.05) is 11.6 Å². The molecule has 1 aliphatic heterocycles. The van der Waals surface area contributed by atoms with Crippen LogP contribution in [0, 0.1) is 0 Å². The molecule has 0 bridgehead atoms. The minimum atomic E-state index is -4.13. The Hall–Kier alpha value is -0.870. The Kier molecular flexibility index (Phi) is 4.00. The molecule has 0 saturated carbocycles. The number of hydrogen-bond acceptors (Lipinski definition) is 5. The van der Waals surface area contributed by atoms with Gasteiger partial charge in [-0.3, -0.25) is 0 Å². The fourth-order valence-corrected chi connectivity index (χ4v) is 4.10. The Bertz CT molecular complexity index is 740. The lowest BCUT2D eigenvalue weighted by atomic mass is 10.3. The van der Waals surface area contributed by atoms with Crippen molar-refractivity contribution in [3.63, 3.8) is 0 Å². The molecule has 0 atom stereocenters. The molecule has 20 heavy (non-hydrogen) atoms. The van der Waals surface area contributed by atoms with Crippen LogP contribution in [0.3, 0.4) is 0 Å². The van der Waals surface area contributed by atoms with Crippen LogP contribution in [0.15, 0.2) is 21.9 Å². The highest BCUT2D eigenvalue weighted by atomic mass is 35.5. The average Bonchev–Trinajstić information content (AvgIpc) is 2.78. The fraction of sp³-hybridized carbons (Fsp3) is 0.400. The molecule has 10 heteroatoms. The SMILES string of the molecule is NS(=O)(=O)c1cc(S(N)(=O)=O)c(N2CCCC2)cc1Cl. The molecular formula is C10H14ClN3O4S2. The molecule has 1 heterocycles. The molecule has 1 aliphatic rings. The van der Waals surface area contributed by atoms with E-state index < -0.39 is 24.9 Å². The van der Waals surface area contributed by atoms with Crippen LogP contribution >= 0.6 is 11.6 Å². The monoisotopic (exact) mass is 339 g/mol. The standard InChI is InChI=1S/C10H14ClN3O4S2/c11-7-5-8(14-3-1-2-4-14)10(20(13,17)18)6-9(7)19(12,15)16/h5-6H,1-4H2,(H2,12,15,16)(H2,13,17,18). The number of halogens is 1. The third-order valence-corrected chi connectivity index (χ3v) is 5.39. The van der Waals surface area contributed by atoms with Crippen molar-refractivity contribution in [3.05, 3.63) is 17.2 Å². The van der Waals surface area contributed by atoms with Crippen molar-refractivity contribution in [2.75, 3.05) is 18.0 Å². The van der Waals surface area contributed by atoms with Crippen molar-refractivity contribution in [1.82, 2.24) is 0 Å². The van der Waals surface area contributed by atoms with Crippen LogP contribution in [-0.4, -0.2) is 29.9 Å². The van der Waals surface area contributed by atoms with Crippen molar-refractivity contribution in [2.24, 2.45) is 10.3 Å². The Morgan fingerprint density at radius 3 is 1.90 bits per heavy atom. The van der Waals surface area contributed by atoms with Gasteiger partial charge >= 0.3 is 0 Å². The maximum absolute atomic E-state index is 11.7. The number of sulfonamides is 2. The van der Waals surface area contributed by atoms with Gasteiger partial charge in [0, 0.05) is 13.1 Å². The molecule has 112 valence electrons. The van der Waals surface area contributed by atoms with E-state index >= 15 is 0 Å². The predicted molar refractivity (Wildman–Crippen MR) is 75.6 cm³/mol. The van der Waals surface area contributed by atoms with E-state index in [0.717, 1.165) is 18.9 Å². The number of benzene rings is 1. The first-order valence-electron chi connectivity index (χ1n) is 5.75. The van der Waals surface area contributed by atoms with E-state index in [0.29, 0.717) is 18.8 Å². The van der Waals surface area contributed by atoms with E-state index in [9.17, 15) is 16.8 Å².